The summed E-state index contributed by atoms with van der Waals surface area (Å²) in [5, 5.41) is 0. The lowest BCUT2D eigenvalue weighted by Gasteiger charge is -2.24. The Morgan fingerprint density at radius 2 is 1.71 bits per heavy atom. The zero-order valence-corrected chi connectivity index (χ0v) is 11.9. The molecule has 1 nitrogen and oxygen atoms in total. The summed E-state index contributed by atoms with van der Waals surface area (Å²) in [5.74, 6) is 1.84. The fourth-order valence-corrected chi connectivity index (χ4v) is 2.12. The van der Waals surface area contributed by atoms with Gasteiger partial charge in [0.15, 0.2) is 0 Å². The monoisotopic (exact) mass is 233 g/mol. The van der Waals surface area contributed by atoms with Crippen LogP contribution in [0.1, 0.15) is 51.8 Å². The van der Waals surface area contributed by atoms with Gasteiger partial charge in [-0.1, -0.05) is 58.9 Å². The van der Waals surface area contributed by atoms with Crippen molar-refractivity contribution < 1.29 is 0 Å². The van der Waals surface area contributed by atoms with Gasteiger partial charge in [-0.25, -0.2) is 0 Å². The van der Waals surface area contributed by atoms with Gasteiger partial charge in [0.05, 0.1) is 0 Å². The van der Waals surface area contributed by atoms with Crippen molar-refractivity contribution in [3.05, 3.63) is 35.4 Å². The molecule has 1 heteroatoms. The average Bonchev–Trinajstić information content (AvgIpc) is 2.26. The molecule has 0 bridgehead atoms. The molecule has 1 aromatic carbocycles. The summed E-state index contributed by atoms with van der Waals surface area (Å²) in [7, 11) is 0. The first-order valence-corrected chi connectivity index (χ1v) is 6.76. The summed E-state index contributed by atoms with van der Waals surface area (Å²) < 4.78 is 0. The van der Waals surface area contributed by atoms with Gasteiger partial charge in [-0.3, -0.25) is 0 Å². The van der Waals surface area contributed by atoms with Crippen LogP contribution in [0.15, 0.2) is 24.3 Å². The van der Waals surface area contributed by atoms with Crippen LogP contribution in [-0.4, -0.2) is 0 Å². The molecular weight excluding hydrogens is 206 g/mol. The van der Waals surface area contributed by atoms with Crippen LogP contribution in [0.3, 0.4) is 0 Å². The lowest BCUT2D eigenvalue weighted by molar-refractivity contribution is 0.352. The van der Waals surface area contributed by atoms with Crippen molar-refractivity contribution in [2.45, 2.75) is 47.1 Å². The minimum absolute atomic E-state index is 0.155. The first-order valence-electron chi connectivity index (χ1n) is 6.76. The van der Waals surface area contributed by atoms with Crippen LogP contribution < -0.4 is 5.73 Å². The average molecular weight is 233 g/mol. The summed E-state index contributed by atoms with van der Waals surface area (Å²) in [6.07, 6.45) is 1.14. The highest BCUT2D eigenvalue weighted by molar-refractivity contribution is 5.26. The Bertz CT molecular complexity index is 341. The Hall–Kier alpha value is -0.820. The van der Waals surface area contributed by atoms with Crippen molar-refractivity contribution in [3.63, 3.8) is 0 Å². The summed E-state index contributed by atoms with van der Waals surface area (Å²) in [6, 6.07) is 8.94. The molecule has 2 unspecified atom stereocenters. The lowest BCUT2D eigenvalue weighted by atomic mass is 9.86. The first kappa shape index (κ1) is 14.2. The third-order valence-electron chi connectivity index (χ3n) is 3.60. The zero-order valence-electron chi connectivity index (χ0n) is 11.9. The number of hydrogen-bond donors (Lipinski definition) is 1. The molecule has 0 radical (unpaired) electrons. The van der Waals surface area contributed by atoms with E-state index in [2.05, 4.69) is 58.9 Å². The van der Waals surface area contributed by atoms with Crippen molar-refractivity contribution in [2.75, 3.05) is 0 Å². The second kappa shape index (κ2) is 6.20. The number of nitrogens with two attached hydrogens (primary N) is 1. The van der Waals surface area contributed by atoms with Gasteiger partial charge in [0.1, 0.15) is 0 Å². The highest BCUT2D eigenvalue weighted by atomic mass is 14.6. The third-order valence-corrected chi connectivity index (χ3v) is 3.60. The highest BCUT2D eigenvalue weighted by Crippen LogP contribution is 2.26. The van der Waals surface area contributed by atoms with E-state index in [1.54, 1.807) is 0 Å². The Balaban J connectivity index is 2.83. The molecule has 0 spiro atoms. The molecule has 0 aromatic heterocycles. The fraction of sp³-hybridized carbons (Fsp3) is 0.625. The fourth-order valence-electron chi connectivity index (χ4n) is 2.12. The maximum Gasteiger partial charge on any atom is 0.0323 e. The van der Waals surface area contributed by atoms with Crippen molar-refractivity contribution >= 4 is 0 Å². The van der Waals surface area contributed by atoms with Crippen LogP contribution in [0.5, 0.6) is 0 Å². The van der Waals surface area contributed by atoms with Gasteiger partial charge >= 0.3 is 0 Å². The maximum atomic E-state index is 6.34. The Morgan fingerprint density at radius 3 is 2.24 bits per heavy atom. The SMILES string of the molecule is CC(C)Cc1cccc(C(N)C(C)C(C)C)c1. The van der Waals surface area contributed by atoms with Crippen LogP contribution in [-0.2, 0) is 6.42 Å². The molecule has 0 saturated carbocycles. The summed E-state index contributed by atoms with van der Waals surface area (Å²) in [6.45, 7) is 11.2. The zero-order chi connectivity index (χ0) is 13.0. The summed E-state index contributed by atoms with van der Waals surface area (Å²) in [5.41, 5.74) is 9.03. The van der Waals surface area contributed by atoms with Crippen molar-refractivity contribution in [3.8, 4) is 0 Å². The van der Waals surface area contributed by atoms with Crippen LogP contribution >= 0.6 is 0 Å². The molecule has 0 amide bonds. The van der Waals surface area contributed by atoms with Gasteiger partial charge in [-0.15, -0.1) is 0 Å². The van der Waals surface area contributed by atoms with Crippen LogP contribution in [0.4, 0.5) is 0 Å². The van der Waals surface area contributed by atoms with E-state index in [-0.39, 0.29) is 6.04 Å². The number of benzene rings is 1. The van der Waals surface area contributed by atoms with E-state index in [0.717, 1.165) is 6.42 Å². The van der Waals surface area contributed by atoms with E-state index in [4.69, 9.17) is 5.73 Å². The molecule has 2 atom stereocenters. The van der Waals surface area contributed by atoms with E-state index in [1.165, 1.54) is 11.1 Å². The summed E-state index contributed by atoms with van der Waals surface area (Å²) >= 11 is 0. The summed E-state index contributed by atoms with van der Waals surface area (Å²) in [4.78, 5) is 0. The molecule has 1 aromatic rings. The first-order chi connectivity index (χ1) is 7.91. The molecule has 0 heterocycles. The van der Waals surface area contributed by atoms with Crippen LogP contribution in [0.25, 0.3) is 0 Å². The van der Waals surface area contributed by atoms with Crippen LogP contribution in [0, 0.1) is 17.8 Å². The second-order valence-corrected chi connectivity index (χ2v) is 5.97. The largest absolute Gasteiger partial charge is 0.324 e. The van der Waals surface area contributed by atoms with Crippen LogP contribution in [0.2, 0.25) is 0 Å². The molecule has 0 fully saturated rings. The quantitative estimate of drug-likeness (QED) is 0.811. The second-order valence-electron chi connectivity index (χ2n) is 5.97. The number of hydrogen-bond acceptors (Lipinski definition) is 1. The predicted molar refractivity (Wildman–Crippen MR) is 75.9 cm³/mol. The Morgan fingerprint density at radius 1 is 1.06 bits per heavy atom. The smallest absolute Gasteiger partial charge is 0.0323 e. The minimum atomic E-state index is 0.155. The number of rotatable bonds is 5. The molecule has 2 N–H and O–H groups in total. The van der Waals surface area contributed by atoms with Gasteiger partial charge < -0.3 is 5.73 Å². The van der Waals surface area contributed by atoms with Gasteiger partial charge in [0.25, 0.3) is 0 Å². The molecule has 17 heavy (non-hydrogen) atoms. The molecule has 0 aliphatic rings. The van der Waals surface area contributed by atoms with E-state index in [0.29, 0.717) is 17.8 Å². The van der Waals surface area contributed by atoms with Crippen molar-refractivity contribution in [1.29, 1.82) is 0 Å². The van der Waals surface area contributed by atoms with E-state index in [9.17, 15) is 0 Å². The maximum absolute atomic E-state index is 6.34. The molecule has 0 aliphatic heterocycles. The van der Waals surface area contributed by atoms with E-state index < -0.39 is 0 Å². The third kappa shape index (κ3) is 4.16. The van der Waals surface area contributed by atoms with Crippen molar-refractivity contribution in [1.82, 2.24) is 0 Å². The Kier molecular flexibility index (Phi) is 5.20. The molecule has 96 valence electrons. The van der Waals surface area contributed by atoms with Gasteiger partial charge in [-0.05, 0) is 35.3 Å². The highest BCUT2D eigenvalue weighted by Gasteiger charge is 2.18. The molecule has 0 saturated heterocycles. The molecule has 0 aliphatic carbocycles. The van der Waals surface area contributed by atoms with E-state index >= 15 is 0 Å². The van der Waals surface area contributed by atoms with E-state index in [1.807, 2.05) is 0 Å². The Labute approximate surface area is 106 Å². The normalized spacial score (nSPS) is 15.3. The standard InChI is InChI=1S/C16H27N/c1-11(2)9-14-7-6-8-15(10-14)16(17)13(5)12(3)4/h6-8,10-13,16H,9,17H2,1-5H3. The van der Waals surface area contributed by atoms with Gasteiger partial charge in [-0.2, -0.15) is 0 Å². The molecular formula is C16H27N. The van der Waals surface area contributed by atoms with Gasteiger partial charge in [0, 0.05) is 6.04 Å². The predicted octanol–water partition coefficient (Wildman–Crippen LogP) is 4.18. The van der Waals surface area contributed by atoms with Crippen molar-refractivity contribution in [2.24, 2.45) is 23.5 Å². The molecule has 1 rings (SSSR count). The topological polar surface area (TPSA) is 26.0 Å². The minimum Gasteiger partial charge on any atom is -0.324 e. The van der Waals surface area contributed by atoms with Gasteiger partial charge in [0.2, 0.25) is 0 Å². The lowest BCUT2D eigenvalue weighted by Crippen LogP contribution is -2.23.